The fraction of sp³-hybridized carbons (Fsp3) is 0.300. The highest BCUT2D eigenvalue weighted by molar-refractivity contribution is 7.21. The van der Waals surface area contributed by atoms with Crippen molar-refractivity contribution in [2.45, 2.75) is 18.9 Å². The average Bonchev–Trinajstić information content (AvgIpc) is 3.17. The van der Waals surface area contributed by atoms with Crippen LogP contribution in [-0.2, 0) is 4.79 Å². The summed E-state index contributed by atoms with van der Waals surface area (Å²) < 4.78 is 0. The molecule has 7 nitrogen and oxygen atoms in total. The second-order valence-corrected chi connectivity index (χ2v) is 7.66. The summed E-state index contributed by atoms with van der Waals surface area (Å²) in [6.07, 6.45) is 3.48. The monoisotopic (exact) mass is 395 g/mol. The van der Waals surface area contributed by atoms with Gasteiger partial charge in [0.25, 0.3) is 5.91 Å². The minimum Gasteiger partial charge on any atom is -0.352 e. The normalized spacial score (nSPS) is 14.8. The van der Waals surface area contributed by atoms with E-state index in [0.29, 0.717) is 5.56 Å². The minimum atomic E-state index is -0.241. The number of benzene rings is 1. The number of hydrogen-bond donors (Lipinski definition) is 2. The fourth-order valence-electron chi connectivity index (χ4n) is 3.24. The van der Waals surface area contributed by atoms with Gasteiger partial charge < -0.3 is 15.5 Å². The van der Waals surface area contributed by atoms with Gasteiger partial charge in [-0.2, -0.15) is 0 Å². The van der Waals surface area contributed by atoms with Crippen molar-refractivity contribution in [1.29, 1.82) is 0 Å². The Balaban J connectivity index is 1.24. The number of hydrogen-bond acceptors (Lipinski definition) is 6. The van der Waals surface area contributed by atoms with Crippen LogP contribution >= 0.6 is 11.3 Å². The van der Waals surface area contributed by atoms with E-state index in [1.165, 1.54) is 0 Å². The molecule has 4 rings (SSSR count). The molecule has 144 valence electrons. The van der Waals surface area contributed by atoms with Gasteiger partial charge >= 0.3 is 0 Å². The third-order valence-electron chi connectivity index (χ3n) is 4.73. The molecule has 8 heteroatoms. The summed E-state index contributed by atoms with van der Waals surface area (Å²) in [5, 5.41) is 6.66. The third kappa shape index (κ3) is 4.28. The van der Waals surface area contributed by atoms with Crippen LogP contribution in [0.5, 0.6) is 0 Å². The van der Waals surface area contributed by atoms with E-state index in [-0.39, 0.29) is 24.4 Å². The van der Waals surface area contributed by atoms with Gasteiger partial charge in [-0.15, -0.1) is 0 Å². The van der Waals surface area contributed by atoms with Crippen molar-refractivity contribution in [3.05, 3.63) is 54.2 Å². The van der Waals surface area contributed by atoms with E-state index >= 15 is 0 Å². The molecule has 0 saturated carbocycles. The number of aromatic nitrogens is 2. The average molecular weight is 395 g/mol. The second kappa shape index (κ2) is 8.35. The van der Waals surface area contributed by atoms with E-state index in [4.69, 9.17) is 0 Å². The SMILES string of the molecule is O=C(CNC(=O)c1ccccc1)NC1CCN(c2nc3cccnc3s2)CC1. The zero-order valence-corrected chi connectivity index (χ0v) is 16.1. The van der Waals surface area contributed by atoms with Gasteiger partial charge in [-0.3, -0.25) is 9.59 Å². The number of nitrogens with zero attached hydrogens (tertiary/aromatic N) is 3. The van der Waals surface area contributed by atoms with Gasteiger partial charge in [-0.25, -0.2) is 9.97 Å². The highest BCUT2D eigenvalue weighted by Gasteiger charge is 2.23. The molecule has 1 saturated heterocycles. The Kier molecular flexibility index (Phi) is 5.48. The van der Waals surface area contributed by atoms with E-state index in [9.17, 15) is 9.59 Å². The molecule has 0 aliphatic carbocycles. The molecule has 0 bridgehead atoms. The third-order valence-corrected chi connectivity index (χ3v) is 5.77. The lowest BCUT2D eigenvalue weighted by molar-refractivity contribution is -0.120. The van der Waals surface area contributed by atoms with Crippen LogP contribution in [0.15, 0.2) is 48.7 Å². The maximum absolute atomic E-state index is 12.2. The summed E-state index contributed by atoms with van der Waals surface area (Å²) in [7, 11) is 0. The van der Waals surface area contributed by atoms with E-state index in [1.54, 1.807) is 41.8 Å². The van der Waals surface area contributed by atoms with Crippen LogP contribution in [-0.4, -0.2) is 47.5 Å². The molecular formula is C20H21N5O2S. The summed E-state index contributed by atoms with van der Waals surface area (Å²) in [5.41, 5.74) is 1.47. The number of thiazole rings is 1. The topological polar surface area (TPSA) is 87.2 Å². The summed E-state index contributed by atoms with van der Waals surface area (Å²) in [6.45, 7) is 1.65. The summed E-state index contributed by atoms with van der Waals surface area (Å²) in [6, 6.07) is 12.9. The molecule has 3 heterocycles. The van der Waals surface area contributed by atoms with Crippen molar-refractivity contribution in [3.8, 4) is 0 Å². The molecule has 2 amide bonds. The van der Waals surface area contributed by atoms with Crippen molar-refractivity contribution in [1.82, 2.24) is 20.6 Å². The molecular weight excluding hydrogens is 374 g/mol. The van der Waals surface area contributed by atoms with Crippen molar-refractivity contribution in [2.24, 2.45) is 0 Å². The van der Waals surface area contributed by atoms with Crippen LogP contribution in [0, 0.1) is 0 Å². The molecule has 1 fully saturated rings. The Morgan fingerprint density at radius 2 is 1.89 bits per heavy atom. The molecule has 1 aliphatic heterocycles. The Morgan fingerprint density at radius 1 is 1.11 bits per heavy atom. The van der Waals surface area contributed by atoms with Crippen LogP contribution < -0.4 is 15.5 Å². The molecule has 0 unspecified atom stereocenters. The van der Waals surface area contributed by atoms with Gasteiger partial charge in [-0.1, -0.05) is 29.5 Å². The summed E-state index contributed by atoms with van der Waals surface area (Å²) >= 11 is 1.60. The number of piperidine rings is 1. The predicted octanol–water partition coefficient (Wildman–Crippen LogP) is 2.21. The predicted molar refractivity (Wildman–Crippen MR) is 110 cm³/mol. The number of carbonyl (C=O) groups is 2. The number of amides is 2. The molecule has 1 aliphatic rings. The lowest BCUT2D eigenvalue weighted by Crippen LogP contribution is -2.47. The lowest BCUT2D eigenvalue weighted by atomic mass is 10.1. The quantitative estimate of drug-likeness (QED) is 0.692. The molecule has 28 heavy (non-hydrogen) atoms. The van der Waals surface area contributed by atoms with Crippen LogP contribution in [0.1, 0.15) is 23.2 Å². The van der Waals surface area contributed by atoms with Crippen LogP contribution in [0.3, 0.4) is 0 Å². The molecule has 2 N–H and O–H groups in total. The van der Waals surface area contributed by atoms with Gasteiger partial charge in [0.1, 0.15) is 10.3 Å². The number of fused-ring (bicyclic) bond motifs is 1. The van der Waals surface area contributed by atoms with Crippen molar-refractivity contribution >= 4 is 38.6 Å². The zero-order chi connectivity index (χ0) is 19.3. The first-order valence-electron chi connectivity index (χ1n) is 9.28. The Labute approximate surface area is 166 Å². The second-order valence-electron chi connectivity index (χ2n) is 6.70. The smallest absolute Gasteiger partial charge is 0.251 e. The molecule has 3 aromatic rings. The Hall–Kier alpha value is -3.00. The first kappa shape index (κ1) is 18.4. The molecule has 0 radical (unpaired) electrons. The van der Waals surface area contributed by atoms with Crippen LogP contribution in [0.25, 0.3) is 10.3 Å². The Bertz CT molecular complexity index is 934. The number of anilines is 1. The van der Waals surface area contributed by atoms with Crippen LogP contribution in [0.4, 0.5) is 5.13 Å². The fourth-order valence-corrected chi connectivity index (χ4v) is 4.20. The van der Waals surface area contributed by atoms with Gasteiger partial charge in [0, 0.05) is 30.9 Å². The maximum atomic E-state index is 12.2. The molecule has 0 atom stereocenters. The highest BCUT2D eigenvalue weighted by Crippen LogP contribution is 2.28. The maximum Gasteiger partial charge on any atom is 0.251 e. The summed E-state index contributed by atoms with van der Waals surface area (Å²) in [5.74, 6) is -0.401. The van der Waals surface area contributed by atoms with Crippen molar-refractivity contribution in [3.63, 3.8) is 0 Å². The number of nitrogens with one attached hydrogen (secondary N) is 2. The molecule has 2 aromatic heterocycles. The number of rotatable bonds is 5. The molecule has 1 aromatic carbocycles. The van der Waals surface area contributed by atoms with Crippen molar-refractivity contribution in [2.75, 3.05) is 24.5 Å². The number of pyridine rings is 1. The van der Waals surface area contributed by atoms with Crippen LogP contribution in [0.2, 0.25) is 0 Å². The van der Waals surface area contributed by atoms with Gasteiger partial charge in [0.2, 0.25) is 5.91 Å². The Morgan fingerprint density at radius 3 is 2.64 bits per heavy atom. The molecule has 0 spiro atoms. The van der Waals surface area contributed by atoms with E-state index in [0.717, 1.165) is 41.4 Å². The van der Waals surface area contributed by atoms with E-state index < -0.39 is 0 Å². The van der Waals surface area contributed by atoms with Gasteiger partial charge in [0.05, 0.1) is 6.54 Å². The zero-order valence-electron chi connectivity index (χ0n) is 15.3. The lowest BCUT2D eigenvalue weighted by Gasteiger charge is -2.32. The van der Waals surface area contributed by atoms with E-state index in [2.05, 4.69) is 25.5 Å². The van der Waals surface area contributed by atoms with Gasteiger partial charge in [0.15, 0.2) is 5.13 Å². The first-order valence-corrected chi connectivity index (χ1v) is 10.1. The largest absolute Gasteiger partial charge is 0.352 e. The number of carbonyl (C=O) groups excluding carboxylic acids is 2. The van der Waals surface area contributed by atoms with Gasteiger partial charge in [-0.05, 0) is 37.1 Å². The van der Waals surface area contributed by atoms with E-state index in [1.807, 2.05) is 18.2 Å². The standard InChI is InChI=1S/C20H21N5O2S/c26-17(13-22-18(27)14-5-2-1-3-6-14)23-15-8-11-25(12-9-15)20-24-16-7-4-10-21-19(16)28-20/h1-7,10,15H,8-9,11-13H2,(H,22,27)(H,23,26). The van der Waals surface area contributed by atoms with Crippen molar-refractivity contribution < 1.29 is 9.59 Å². The highest BCUT2D eigenvalue weighted by atomic mass is 32.1. The first-order chi connectivity index (χ1) is 13.7. The minimum absolute atomic E-state index is 0.0164. The summed E-state index contributed by atoms with van der Waals surface area (Å²) in [4.78, 5) is 36.3.